The van der Waals surface area contributed by atoms with E-state index in [0.717, 1.165) is 43.1 Å². The van der Waals surface area contributed by atoms with Crippen LogP contribution in [0.15, 0.2) is 42.5 Å². The molecule has 2 amide bonds. The minimum Gasteiger partial charge on any atom is -0.486 e. The molecule has 1 N–H and O–H groups in total. The lowest BCUT2D eigenvalue weighted by Gasteiger charge is -2.32. The molecule has 1 saturated carbocycles. The van der Waals surface area contributed by atoms with Crippen molar-refractivity contribution in [2.24, 2.45) is 0 Å². The average Bonchev–Trinajstić information content (AvgIpc) is 3.44. The second kappa shape index (κ2) is 13.4. The molecule has 2 aromatic carbocycles. The quantitative estimate of drug-likeness (QED) is 0.410. The monoisotopic (exact) mass is 571 g/mol. The smallest absolute Gasteiger partial charge is 0.243 e. The van der Waals surface area contributed by atoms with Crippen molar-refractivity contribution >= 4 is 27.5 Å². The van der Waals surface area contributed by atoms with Crippen LogP contribution in [-0.4, -0.2) is 63.2 Å². The molecule has 0 spiro atoms. The fourth-order valence-electron chi connectivity index (χ4n) is 5.45. The molecule has 0 aromatic heterocycles. The van der Waals surface area contributed by atoms with Crippen LogP contribution >= 0.6 is 0 Å². The molecule has 10 heteroatoms. The lowest BCUT2D eigenvalue weighted by Crippen LogP contribution is -2.51. The van der Waals surface area contributed by atoms with E-state index in [1.54, 1.807) is 23.1 Å². The molecule has 40 heavy (non-hydrogen) atoms. The van der Waals surface area contributed by atoms with Crippen LogP contribution in [0.4, 0.5) is 5.69 Å². The number of amides is 2. The van der Waals surface area contributed by atoms with Crippen LogP contribution in [0.1, 0.15) is 63.0 Å². The van der Waals surface area contributed by atoms with Crippen LogP contribution in [0.5, 0.6) is 11.5 Å². The molecule has 1 atom stereocenters. The van der Waals surface area contributed by atoms with Gasteiger partial charge in [0.2, 0.25) is 21.8 Å². The number of aryl methyl sites for hydroxylation is 1. The number of nitrogens with zero attached hydrogens (tertiary/aromatic N) is 2. The largest absolute Gasteiger partial charge is 0.486 e. The number of carbonyl (C=O) groups is 2. The van der Waals surface area contributed by atoms with E-state index in [9.17, 15) is 18.0 Å². The zero-order chi connectivity index (χ0) is 28.7. The zero-order valence-corrected chi connectivity index (χ0v) is 24.5. The van der Waals surface area contributed by atoms with E-state index in [1.807, 2.05) is 38.1 Å². The maximum atomic E-state index is 13.7. The third-order valence-electron chi connectivity index (χ3n) is 7.66. The number of sulfonamides is 1. The van der Waals surface area contributed by atoms with Crippen molar-refractivity contribution in [2.75, 3.05) is 30.3 Å². The van der Waals surface area contributed by atoms with Crippen LogP contribution in [0.3, 0.4) is 0 Å². The van der Waals surface area contributed by atoms with E-state index in [4.69, 9.17) is 9.47 Å². The normalized spacial score (nSPS) is 15.9. The summed E-state index contributed by atoms with van der Waals surface area (Å²) in [5, 5.41) is 3.16. The number of hydrogen-bond acceptors (Lipinski definition) is 6. The summed E-state index contributed by atoms with van der Waals surface area (Å²) in [6, 6.07) is 12.5. The standard InChI is InChI=1S/C30H41N3O6S/c1-4-26(30(35)31-24-12-7-8-13-24)32(21-23-11-6-5-10-22(23)2)29(34)14-9-17-33(40(3,36)37)25-15-16-27-28(20-25)39-19-18-38-27/h5-6,10-11,15-16,20,24,26H,4,7-9,12-14,17-19,21H2,1-3H3,(H,31,35)/t26-/m0/s1. The van der Waals surface area contributed by atoms with E-state index in [2.05, 4.69) is 5.32 Å². The molecule has 2 aromatic rings. The molecule has 218 valence electrons. The molecule has 0 radical (unpaired) electrons. The van der Waals surface area contributed by atoms with Gasteiger partial charge in [0.1, 0.15) is 19.3 Å². The number of nitrogens with one attached hydrogen (secondary N) is 1. The highest BCUT2D eigenvalue weighted by Crippen LogP contribution is 2.35. The predicted octanol–water partition coefficient (Wildman–Crippen LogP) is 4.18. The Labute approximate surface area is 237 Å². The second-order valence-electron chi connectivity index (χ2n) is 10.6. The van der Waals surface area contributed by atoms with Gasteiger partial charge in [-0.1, -0.05) is 44.0 Å². The lowest BCUT2D eigenvalue weighted by atomic mass is 10.0. The lowest BCUT2D eigenvalue weighted by molar-refractivity contribution is -0.141. The summed E-state index contributed by atoms with van der Waals surface area (Å²) in [6.07, 6.45) is 6.19. The van der Waals surface area contributed by atoms with Crippen molar-refractivity contribution in [3.8, 4) is 11.5 Å². The fourth-order valence-corrected chi connectivity index (χ4v) is 6.41. The summed E-state index contributed by atoms with van der Waals surface area (Å²) in [5.41, 5.74) is 2.49. The summed E-state index contributed by atoms with van der Waals surface area (Å²) in [7, 11) is -3.62. The topological polar surface area (TPSA) is 105 Å². The summed E-state index contributed by atoms with van der Waals surface area (Å²) in [6.45, 7) is 5.20. The average molecular weight is 572 g/mol. The van der Waals surface area contributed by atoms with Crippen molar-refractivity contribution in [1.82, 2.24) is 10.2 Å². The van der Waals surface area contributed by atoms with Crippen LogP contribution < -0.4 is 19.1 Å². The molecule has 1 aliphatic heterocycles. The van der Waals surface area contributed by atoms with Gasteiger partial charge in [-0.3, -0.25) is 13.9 Å². The third kappa shape index (κ3) is 7.47. The number of fused-ring (bicyclic) bond motifs is 1. The van der Waals surface area contributed by atoms with E-state index in [0.29, 0.717) is 49.8 Å². The van der Waals surface area contributed by atoms with Gasteiger partial charge in [0, 0.05) is 31.6 Å². The number of hydrogen-bond donors (Lipinski definition) is 1. The van der Waals surface area contributed by atoms with E-state index >= 15 is 0 Å². The Balaban J connectivity index is 1.49. The SMILES string of the molecule is CC[C@@H](C(=O)NC1CCCC1)N(Cc1ccccc1C)C(=O)CCCN(c1ccc2c(c1)OCCO2)S(C)(=O)=O. The van der Waals surface area contributed by atoms with Crippen molar-refractivity contribution < 1.29 is 27.5 Å². The predicted molar refractivity (Wildman–Crippen MR) is 155 cm³/mol. The Morgan fingerprint density at radius 1 is 1.05 bits per heavy atom. The molecule has 0 bridgehead atoms. The number of rotatable bonds is 12. The molecule has 1 heterocycles. The second-order valence-corrected chi connectivity index (χ2v) is 12.5. The van der Waals surface area contributed by atoms with Gasteiger partial charge in [-0.15, -0.1) is 0 Å². The van der Waals surface area contributed by atoms with Crippen LogP contribution in [-0.2, 0) is 26.2 Å². The first-order valence-corrected chi connectivity index (χ1v) is 16.0. The highest BCUT2D eigenvalue weighted by atomic mass is 32.2. The molecular formula is C30H41N3O6S. The summed E-state index contributed by atoms with van der Waals surface area (Å²) in [4.78, 5) is 28.7. The first-order valence-electron chi connectivity index (χ1n) is 14.2. The Morgan fingerprint density at radius 3 is 2.42 bits per heavy atom. The van der Waals surface area contributed by atoms with Crippen molar-refractivity contribution in [2.45, 2.75) is 77.4 Å². The zero-order valence-electron chi connectivity index (χ0n) is 23.7. The maximum Gasteiger partial charge on any atom is 0.243 e. The maximum absolute atomic E-state index is 13.7. The van der Waals surface area contributed by atoms with Crippen molar-refractivity contribution in [3.63, 3.8) is 0 Å². The Kier molecular flexibility index (Phi) is 9.95. The number of anilines is 1. The Hall–Kier alpha value is -3.27. The van der Waals surface area contributed by atoms with E-state index in [1.165, 1.54) is 4.31 Å². The molecule has 2 aliphatic rings. The third-order valence-corrected chi connectivity index (χ3v) is 8.85. The van der Waals surface area contributed by atoms with Gasteiger partial charge in [-0.2, -0.15) is 0 Å². The minimum atomic E-state index is -3.62. The van der Waals surface area contributed by atoms with Gasteiger partial charge in [-0.05, 0) is 55.9 Å². The summed E-state index contributed by atoms with van der Waals surface area (Å²) in [5.74, 6) is 0.779. The van der Waals surface area contributed by atoms with Crippen LogP contribution in [0, 0.1) is 6.92 Å². The van der Waals surface area contributed by atoms with Gasteiger partial charge in [0.25, 0.3) is 0 Å². The number of ether oxygens (including phenoxy) is 2. The van der Waals surface area contributed by atoms with Gasteiger partial charge in [-0.25, -0.2) is 8.42 Å². The molecule has 0 unspecified atom stereocenters. The van der Waals surface area contributed by atoms with Crippen molar-refractivity contribution in [3.05, 3.63) is 53.6 Å². The van der Waals surface area contributed by atoms with E-state index < -0.39 is 16.1 Å². The van der Waals surface area contributed by atoms with Crippen LogP contribution in [0.25, 0.3) is 0 Å². The molecule has 1 aliphatic carbocycles. The molecule has 0 saturated heterocycles. The van der Waals surface area contributed by atoms with E-state index in [-0.39, 0.29) is 30.8 Å². The summed E-state index contributed by atoms with van der Waals surface area (Å²) < 4.78 is 37.9. The van der Waals surface area contributed by atoms with Gasteiger partial charge in [0.15, 0.2) is 11.5 Å². The molecule has 4 rings (SSSR count). The summed E-state index contributed by atoms with van der Waals surface area (Å²) >= 11 is 0. The van der Waals surface area contributed by atoms with Gasteiger partial charge >= 0.3 is 0 Å². The minimum absolute atomic E-state index is 0.107. The first kappa shape index (κ1) is 29.7. The van der Waals surface area contributed by atoms with Crippen molar-refractivity contribution in [1.29, 1.82) is 0 Å². The molecular weight excluding hydrogens is 530 g/mol. The first-order chi connectivity index (χ1) is 19.2. The highest BCUT2D eigenvalue weighted by molar-refractivity contribution is 7.92. The Morgan fingerprint density at radius 2 is 1.75 bits per heavy atom. The highest BCUT2D eigenvalue weighted by Gasteiger charge is 2.31. The van der Waals surface area contributed by atoms with Gasteiger partial charge < -0.3 is 19.7 Å². The fraction of sp³-hybridized carbons (Fsp3) is 0.533. The number of carbonyl (C=O) groups excluding carboxylic acids is 2. The molecule has 9 nitrogen and oxygen atoms in total. The van der Waals surface area contributed by atoms with Crippen LogP contribution in [0.2, 0.25) is 0 Å². The van der Waals surface area contributed by atoms with Gasteiger partial charge in [0.05, 0.1) is 11.9 Å². The molecule has 1 fully saturated rings. The number of benzene rings is 2. The Bertz CT molecular complexity index is 1290.